The molecule has 3 fully saturated rings. The van der Waals surface area contributed by atoms with Gasteiger partial charge in [0.1, 0.15) is 5.82 Å². The first-order valence-electron chi connectivity index (χ1n) is 14.0. The lowest BCUT2D eigenvalue weighted by Crippen LogP contribution is -2.52. The Morgan fingerprint density at radius 1 is 1.03 bits per heavy atom. The number of anilines is 3. The van der Waals surface area contributed by atoms with Crippen LogP contribution in [0.3, 0.4) is 0 Å². The number of nitrogens with zero attached hydrogens (tertiary/aromatic N) is 6. The van der Waals surface area contributed by atoms with E-state index in [0.29, 0.717) is 17.9 Å². The number of piperidine rings is 1. The Kier molecular flexibility index (Phi) is 7.45. The van der Waals surface area contributed by atoms with E-state index in [9.17, 15) is 4.79 Å². The van der Waals surface area contributed by atoms with Crippen LogP contribution < -0.4 is 15.5 Å². The number of thiophene rings is 1. The van der Waals surface area contributed by atoms with Crippen molar-refractivity contribution in [2.75, 3.05) is 63.6 Å². The molecular weight excluding hydrogens is 496 g/mol. The van der Waals surface area contributed by atoms with Gasteiger partial charge in [-0.05, 0) is 43.7 Å². The second-order valence-electron chi connectivity index (χ2n) is 11.0. The molecule has 0 bridgehead atoms. The molecular formula is C28H38N8OS. The summed E-state index contributed by atoms with van der Waals surface area (Å²) in [6, 6.07) is 4.85. The van der Waals surface area contributed by atoms with Gasteiger partial charge in [0.05, 0.1) is 33.2 Å². The number of aromatic nitrogens is 3. The Bertz CT molecular complexity index is 1260. The van der Waals surface area contributed by atoms with Gasteiger partial charge in [-0.2, -0.15) is 0 Å². The first-order valence-corrected chi connectivity index (χ1v) is 14.8. The zero-order chi connectivity index (χ0) is 26.1. The van der Waals surface area contributed by atoms with Crippen molar-refractivity contribution < 1.29 is 4.79 Å². The van der Waals surface area contributed by atoms with Gasteiger partial charge in [-0.1, -0.05) is 12.8 Å². The zero-order valence-corrected chi connectivity index (χ0v) is 23.3. The molecule has 6 rings (SSSR count). The molecule has 3 aromatic heterocycles. The summed E-state index contributed by atoms with van der Waals surface area (Å²) in [4.78, 5) is 34.7. The molecule has 0 unspecified atom stereocenters. The van der Waals surface area contributed by atoms with Crippen molar-refractivity contribution in [3.63, 3.8) is 0 Å². The van der Waals surface area contributed by atoms with Gasteiger partial charge in [0.2, 0.25) is 5.95 Å². The molecule has 0 aromatic carbocycles. The van der Waals surface area contributed by atoms with Crippen molar-refractivity contribution in [3.8, 4) is 0 Å². The third-order valence-corrected chi connectivity index (χ3v) is 9.43. The summed E-state index contributed by atoms with van der Waals surface area (Å²) < 4.78 is 0.968. The number of hydrogen-bond acceptors (Lipinski definition) is 9. The summed E-state index contributed by atoms with van der Waals surface area (Å²) >= 11 is 1.52. The summed E-state index contributed by atoms with van der Waals surface area (Å²) in [5.74, 6) is 1.69. The molecule has 2 N–H and O–H groups in total. The zero-order valence-electron chi connectivity index (χ0n) is 22.4. The van der Waals surface area contributed by atoms with Crippen molar-refractivity contribution in [1.82, 2.24) is 30.1 Å². The van der Waals surface area contributed by atoms with E-state index in [4.69, 9.17) is 4.98 Å². The lowest BCUT2D eigenvalue weighted by atomic mass is 9.96. The van der Waals surface area contributed by atoms with Crippen molar-refractivity contribution in [1.29, 1.82) is 0 Å². The molecule has 1 saturated carbocycles. The second-order valence-corrected chi connectivity index (χ2v) is 12.0. The average Bonchev–Trinajstić information content (AvgIpc) is 3.61. The molecule has 5 heterocycles. The Morgan fingerprint density at radius 3 is 2.47 bits per heavy atom. The molecule has 3 aromatic rings. The Balaban J connectivity index is 1.16. The second kappa shape index (κ2) is 11.1. The van der Waals surface area contributed by atoms with Crippen LogP contribution in [0.5, 0.6) is 0 Å². The molecule has 38 heavy (non-hydrogen) atoms. The number of piperazine rings is 1. The maximum absolute atomic E-state index is 13.0. The molecule has 9 nitrogen and oxygen atoms in total. The minimum atomic E-state index is 0.0543. The van der Waals surface area contributed by atoms with Gasteiger partial charge in [0.25, 0.3) is 5.91 Å². The Labute approximate surface area is 228 Å². The van der Waals surface area contributed by atoms with Gasteiger partial charge in [-0.25, -0.2) is 15.0 Å². The van der Waals surface area contributed by atoms with Crippen LogP contribution in [-0.4, -0.2) is 90.1 Å². The molecule has 202 valence electrons. The van der Waals surface area contributed by atoms with Gasteiger partial charge in [0, 0.05) is 65.0 Å². The fourth-order valence-electron chi connectivity index (χ4n) is 6.22. The standard InChI is InChI=1S/C28H38N8OS/c1-34(2)27(37)26-24(19-5-3-4-6-19)25-22(38-26)18-31-28(33-25)32-23-8-7-21(17-30-23)35-13-9-20(10-14-35)36-15-11-29-12-16-36/h7-8,17-20,29H,3-6,9-16H2,1-2H3,(H,30,31,32,33). The van der Waals surface area contributed by atoms with Crippen molar-refractivity contribution in [3.05, 3.63) is 35.0 Å². The number of carbonyl (C=O) groups is 1. The number of amides is 1. The predicted molar refractivity (Wildman–Crippen MR) is 154 cm³/mol. The third-order valence-electron chi connectivity index (χ3n) is 8.32. The average molecular weight is 535 g/mol. The van der Waals surface area contributed by atoms with Crippen LogP contribution in [-0.2, 0) is 0 Å². The van der Waals surface area contributed by atoms with Crippen molar-refractivity contribution >= 4 is 44.9 Å². The highest BCUT2D eigenvalue weighted by atomic mass is 32.1. The number of rotatable bonds is 6. The predicted octanol–water partition coefficient (Wildman–Crippen LogP) is 4.06. The van der Waals surface area contributed by atoms with Gasteiger partial charge in [-0.15, -0.1) is 11.3 Å². The van der Waals surface area contributed by atoms with Gasteiger partial charge >= 0.3 is 0 Å². The topological polar surface area (TPSA) is 89.5 Å². The molecule has 2 aliphatic heterocycles. The number of hydrogen-bond donors (Lipinski definition) is 2. The van der Waals surface area contributed by atoms with E-state index in [1.54, 1.807) is 4.90 Å². The van der Waals surface area contributed by atoms with E-state index in [2.05, 4.69) is 36.5 Å². The summed E-state index contributed by atoms with van der Waals surface area (Å²) in [5, 5.41) is 6.75. The van der Waals surface area contributed by atoms with Crippen LogP contribution >= 0.6 is 11.3 Å². The van der Waals surface area contributed by atoms with Crippen molar-refractivity contribution in [2.24, 2.45) is 0 Å². The monoisotopic (exact) mass is 534 g/mol. The minimum Gasteiger partial charge on any atom is -0.370 e. The molecule has 2 saturated heterocycles. The van der Waals surface area contributed by atoms with E-state index < -0.39 is 0 Å². The van der Waals surface area contributed by atoms with Crippen molar-refractivity contribution in [2.45, 2.75) is 50.5 Å². The molecule has 10 heteroatoms. The smallest absolute Gasteiger partial charge is 0.263 e. The Hall–Kier alpha value is -2.82. The maximum atomic E-state index is 13.0. The molecule has 1 amide bonds. The number of fused-ring (bicyclic) bond motifs is 1. The lowest BCUT2D eigenvalue weighted by molar-refractivity contribution is 0.0831. The van der Waals surface area contributed by atoms with Gasteiger partial charge in [-0.3, -0.25) is 9.69 Å². The summed E-state index contributed by atoms with van der Waals surface area (Å²) in [6.07, 6.45) is 10.8. The third kappa shape index (κ3) is 5.21. The number of carbonyl (C=O) groups excluding carboxylic acids is 1. The molecule has 3 aliphatic rings. The first-order chi connectivity index (χ1) is 18.6. The fourth-order valence-corrected chi connectivity index (χ4v) is 7.45. The number of pyridine rings is 1. The highest BCUT2D eigenvalue weighted by molar-refractivity contribution is 7.21. The van der Waals surface area contributed by atoms with Crippen LogP contribution in [0.1, 0.15) is 59.7 Å². The van der Waals surface area contributed by atoms with Crippen LogP contribution in [0.15, 0.2) is 24.5 Å². The highest BCUT2D eigenvalue weighted by Gasteiger charge is 2.29. The van der Waals surface area contributed by atoms with E-state index >= 15 is 0 Å². The first kappa shape index (κ1) is 25.5. The quantitative estimate of drug-likeness (QED) is 0.489. The molecule has 1 aliphatic carbocycles. The fraction of sp³-hybridized carbons (Fsp3) is 0.571. The van der Waals surface area contributed by atoms with E-state index in [1.165, 1.54) is 55.8 Å². The number of nitrogens with one attached hydrogen (secondary N) is 2. The van der Waals surface area contributed by atoms with Crippen LogP contribution in [0.2, 0.25) is 0 Å². The molecule has 0 spiro atoms. The van der Waals surface area contributed by atoms with Crippen LogP contribution in [0, 0.1) is 0 Å². The van der Waals surface area contributed by atoms with E-state index in [0.717, 1.165) is 65.5 Å². The highest BCUT2D eigenvalue weighted by Crippen LogP contribution is 2.43. The summed E-state index contributed by atoms with van der Waals surface area (Å²) in [7, 11) is 3.63. The Morgan fingerprint density at radius 2 is 1.79 bits per heavy atom. The van der Waals surface area contributed by atoms with Gasteiger partial charge in [0.15, 0.2) is 0 Å². The minimum absolute atomic E-state index is 0.0543. The SMILES string of the molecule is CN(C)C(=O)c1sc2cnc(Nc3ccc(N4CCC(N5CCNCC5)CC4)cn3)nc2c1C1CCCC1. The lowest BCUT2D eigenvalue weighted by Gasteiger charge is -2.41. The molecule has 0 atom stereocenters. The van der Waals surface area contributed by atoms with Gasteiger partial charge < -0.3 is 20.4 Å². The maximum Gasteiger partial charge on any atom is 0.263 e. The van der Waals surface area contributed by atoms with Crippen LogP contribution in [0.4, 0.5) is 17.5 Å². The largest absolute Gasteiger partial charge is 0.370 e. The summed E-state index contributed by atoms with van der Waals surface area (Å²) in [6.45, 7) is 6.69. The van der Waals surface area contributed by atoms with E-state index in [1.807, 2.05) is 32.6 Å². The molecule has 0 radical (unpaired) electrons. The van der Waals surface area contributed by atoms with E-state index in [-0.39, 0.29) is 5.91 Å². The normalized spacial score (nSPS) is 19.8. The summed E-state index contributed by atoms with van der Waals surface area (Å²) in [5.41, 5.74) is 3.19. The van der Waals surface area contributed by atoms with Crippen LogP contribution in [0.25, 0.3) is 10.2 Å².